The van der Waals surface area contributed by atoms with Crippen molar-refractivity contribution in [3.05, 3.63) is 47.0 Å². The van der Waals surface area contributed by atoms with Gasteiger partial charge in [-0.2, -0.15) is 5.26 Å². The average molecular weight is 301 g/mol. The lowest BCUT2D eigenvalue weighted by molar-refractivity contribution is 0.309. The quantitative estimate of drug-likeness (QED) is 0.871. The SMILES string of the molecule is CN(Cc1cn(C(C)(C)C)nn1)Cc1cc(C#N)ccc1F. The molecule has 2 rings (SSSR count). The van der Waals surface area contributed by atoms with Crippen molar-refractivity contribution in [2.45, 2.75) is 39.4 Å². The molecule has 0 fully saturated rings. The van der Waals surface area contributed by atoms with E-state index in [4.69, 9.17) is 5.26 Å². The van der Waals surface area contributed by atoms with Gasteiger partial charge in [0.15, 0.2) is 0 Å². The van der Waals surface area contributed by atoms with Crippen LogP contribution in [0.4, 0.5) is 4.39 Å². The highest BCUT2D eigenvalue weighted by Crippen LogP contribution is 2.15. The number of halogens is 1. The van der Waals surface area contributed by atoms with Gasteiger partial charge < -0.3 is 0 Å². The maximum atomic E-state index is 13.8. The molecule has 1 heterocycles. The molecule has 0 saturated carbocycles. The van der Waals surface area contributed by atoms with Crippen molar-refractivity contribution >= 4 is 0 Å². The molecule has 2 aromatic rings. The lowest BCUT2D eigenvalue weighted by Gasteiger charge is -2.18. The second-order valence-corrected chi connectivity index (χ2v) is 6.42. The van der Waals surface area contributed by atoms with Gasteiger partial charge in [-0.1, -0.05) is 5.21 Å². The molecule has 5 nitrogen and oxygen atoms in total. The molecule has 0 aliphatic heterocycles. The van der Waals surface area contributed by atoms with E-state index >= 15 is 0 Å². The third-order valence-corrected chi connectivity index (χ3v) is 3.28. The number of nitrogens with zero attached hydrogens (tertiary/aromatic N) is 5. The number of rotatable bonds is 4. The number of nitriles is 1. The summed E-state index contributed by atoms with van der Waals surface area (Å²) < 4.78 is 15.6. The Labute approximate surface area is 130 Å². The third-order valence-electron chi connectivity index (χ3n) is 3.28. The van der Waals surface area contributed by atoms with Crippen LogP contribution in [0.25, 0.3) is 0 Å². The Morgan fingerprint density at radius 2 is 2.05 bits per heavy atom. The van der Waals surface area contributed by atoms with E-state index in [1.165, 1.54) is 12.1 Å². The first-order valence-electron chi connectivity index (χ1n) is 7.08. The summed E-state index contributed by atoms with van der Waals surface area (Å²) in [4.78, 5) is 1.94. The van der Waals surface area contributed by atoms with Crippen molar-refractivity contribution in [1.82, 2.24) is 19.9 Å². The first-order chi connectivity index (χ1) is 10.3. The first kappa shape index (κ1) is 16.1. The predicted molar refractivity (Wildman–Crippen MR) is 81.3 cm³/mol. The molecule has 0 atom stereocenters. The second kappa shape index (κ2) is 6.24. The third kappa shape index (κ3) is 3.89. The smallest absolute Gasteiger partial charge is 0.127 e. The van der Waals surface area contributed by atoms with Crippen molar-refractivity contribution in [3.8, 4) is 6.07 Å². The maximum Gasteiger partial charge on any atom is 0.127 e. The fourth-order valence-electron chi connectivity index (χ4n) is 2.09. The molecule has 0 aliphatic rings. The van der Waals surface area contributed by atoms with Gasteiger partial charge in [-0.3, -0.25) is 4.90 Å². The first-order valence-corrected chi connectivity index (χ1v) is 7.08. The summed E-state index contributed by atoms with van der Waals surface area (Å²) in [5, 5.41) is 17.2. The Bertz CT molecular complexity index is 693. The molecule has 0 saturated heterocycles. The summed E-state index contributed by atoms with van der Waals surface area (Å²) in [6.07, 6.45) is 1.90. The zero-order valence-corrected chi connectivity index (χ0v) is 13.3. The molecule has 0 N–H and O–H groups in total. The molecule has 0 aliphatic carbocycles. The van der Waals surface area contributed by atoms with E-state index in [0.717, 1.165) is 5.69 Å². The van der Waals surface area contributed by atoms with Gasteiger partial charge in [-0.05, 0) is 46.0 Å². The van der Waals surface area contributed by atoms with E-state index in [9.17, 15) is 4.39 Å². The lowest BCUT2D eigenvalue weighted by Crippen LogP contribution is -2.22. The van der Waals surface area contributed by atoms with Crippen molar-refractivity contribution in [1.29, 1.82) is 5.26 Å². The van der Waals surface area contributed by atoms with Gasteiger partial charge in [0.25, 0.3) is 0 Å². The molecule has 22 heavy (non-hydrogen) atoms. The van der Waals surface area contributed by atoms with Gasteiger partial charge in [-0.15, -0.1) is 5.10 Å². The molecule has 0 spiro atoms. The predicted octanol–water partition coefficient (Wildman–Crippen LogP) is 2.68. The Hall–Kier alpha value is -2.26. The van der Waals surface area contributed by atoms with Crippen molar-refractivity contribution in [2.75, 3.05) is 7.05 Å². The van der Waals surface area contributed by atoms with Crippen LogP contribution < -0.4 is 0 Å². The number of hydrogen-bond acceptors (Lipinski definition) is 4. The molecule has 0 radical (unpaired) electrons. The Morgan fingerprint density at radius 3 is 2.64 bits per heavy atom. The molecule has 0 bridgehead atoms. The zero-order valence-electron chi connectivity index (χ0n) is 13.3. The minimum absolute atomic E-state index is 0.114. The van der Waals surface area contributed by atoms with Crippen LogP contribution in [0.1, 0.15) is 37.6 Å². The highest BCUT2D eigenvalue weighted by Gasteiger charge is 2.16. The van der Waals surface area contributed by atoms with Crippen LogP contribution in [0, 0.1) is 17.1 Å². The van der Waals surface area contributed by atoms with Crippen molar-refractivity contribution < 1.29 is 4.39 Å². The van der Waals surface area contributed by atoms with E-state index in [-0.39, 0.29) is 11.4 Å². The van der Waals surface area contributed by atoms with E-state index in [0.29, 0.717) is 24.2 Å². The summed E-state index contributed by atoms with van der Waals surface area (Å²) in [7, 11) is 1.88. The highest BCUT2D eigenvalue weighted by atomic mass is 19.1. The zero-order chi connectivity index (χ0) is 16.3. The van der Waals surface area contributed by atoms with E-state index in [2.05, 4.69) is 31.1 Å². The van der Waals surface area contributed by atoms with Gasteiger partial charge >= 0.3 is 0 Å². The van der Waals surface area contributed by atoms with E-state index in [1.54, 1.807) is 6.07 Å². The van der Waals surface area contributed by atoms with Crippen LogP contribution in [0.3, 0.4) is 0 Å². The minimum atomic E-state index is -0.302. The number of benzene rings is 1. The minimum Gasteiger partial charge on any atom is -0.296 e. The summed E-state index contributed by atoms with van der Waals surface area (Å²) in [6.45, 7) is 7.13. The Kier molecular flexibility index (Phi) is 4.57. The number of hydrogen-bond donors (Lipinski definition) is 0. The highest BCUT2D eigenvalue weighted by molar-refractivity contribution is 5.33. The summed E-state index contributed by atoms with van der Waals surface area (Å²) >= 11 is 0. The van der Waals surface area contributed by atoms with Crippen LogP contribution >= 0.6 is 0 Å². The largest absolute Gasteiger partial charge is 0.296 e. The Balaban J connectivity index is 2.06. The molecule has 6 heteroatoms. The molecule has 1 aromatic heterocycles. The molecular formula is C16H20FN5. The van der Waals surface area contributed by atoms with Gasteiger partial charge in [-0.25, -0.2) is 9.07 Å². The van der Waals surface area contributed by atoms with Gasteiger partial charge in [0.05, 0.1) is 29.1 Å². The lowest BCUT2D eigenvalue weighted by atomic mass is 10.1. The topological polar surface area (TPSA) is 57.7 Å². The number of aromatic nitrogens is 3. The van der Waals surface area contributed by atoms with E-state index in [1.807, 2.05) is 28.9 Å². The van der Waals surface area contributed by atoms with Crippen LogP contribution in [-0.2, 0) is 18.6 Å². The van der Waals surface area contributed by atoms with Gasteiger partial charge in [0.2, 0.25) is 0 Å². The fourth-order valence-corrected chi connectivity index (χ4v) is 2.09. The normalized spacial score (nSPS) is 11.7. The molecule has 116 valence electrons. The van der Waals surface area contributed by atoms with Crippen LogP contribution in [0.15, 0.2) is 24.4 Å². The van der Waals surface area contributed by atoms with E-state index < -0.39 is 0 Å². The average Bonchev–Trinajstić information content (AvgIpc) is 2.89. The van der Waals surface area contributed by atoms with Crippen molar-refractivity contribution in [2.24, 2.45) is 0 Å². The molecule has 0 amide bonds. The Morgan fingerprint density at radius 1 is 1.32 bits per heavy atom. The summed E-state index contributed by atoms with van der Waals surface area (Å²) in [5.74, 6) is -0.302. The van der Waals surface area contributed by atoms with Gasteiger partial charge in [0, 0.05) is 18.7 Å². The standard InChI is InChI=1S/C16H20FN5/c1-16(2,3)22-11-14(19-20-22)10-21(4)9-13-7-12(8-18)5-6-15(13)17/h5-7,11H,9-10H2,1-4H3. The van der Waals surface area contributed by atoms with Crippen LogP contribution in [-0.4, -0.2) is 26.9 Å². The summed E-state index contributed by atoms with van der Waals surface area (Å²) in [5.41, 5.74) is 1.68. The van der Waals surface area contributed by atoms with Gasteiger partial charge in [0.1, 0.15) is 5.82 Å². The van der Waals surface area contributed by atoms with Crippen molar-refractivity contribution in [3.63, 3.8) is 0 Å². The molecular weight excluding hydrogens is 281 g/mol. The molecule has 0 unspecified atom stereocenters. The van der Waals surface area contributed by atoms with Crippen LogP contribution in [0.2, 0.25) is 0 Å². The monoisotopic (exact) mass is 301 g/mol. The second-order valence-electron chi connectivity index (χ2n) is 6.42. The van der Waals surface area contributed by atoms with Crippen LogP contribution in [0.5, 0.6) is 0 Å². The maximum absolute atomic E-state index is 13.8. The molecule has 1 aromatic carbocycles. The fraction of sp³-hybridized carbons (Fsp3) is 0.438. The summed E-state index contributed by atoms with van der Waals surface area (Å²) in [6, 6.07) is 6.42.